The smallest absolute Gasteiger partial charge is 0.168 e. The van der Waals surface area contributed by atoms with E-state index >= 15 is 0 Å². The fraction of sp³-hybridized carbons (Fsp3) is 0.310. The maximum absolute atomic E-state index is 10.0. The number of ether oxygens (including phenoxy) is 2. The van der Waals surface area contributed by atoms with E-state index in [1.54, 1.807) is 20.3 Å². The van der Waals surface area contributed by atoms with Gasteiger partial charge in [-0.3, -0.25) is 0 Å². The third-order valence-electron chi connectivity index (χ3n) is 6.35. The second-order valence-corrected chi connectivity index (χ2v) is 8.25. The fourth-order valence-corrected chi connectivity index (χ4v) is 4.58. The second-order valence-electron chi connectivity index (χ2n) is 8.25. The summed E-state index contributed by atoms with van der Waals surface area (Å²) in [6, 6.07) is 20.6. The third-order valence-corrected chi connectivity index (χ3v) is 6.35. The van der Waals surface area contributed by atoms with Gasteiger partial charge in [-0.15, -0.1) is 6.58 Å². The van der Waals surface area contributed by atoms with E-state index < -0.39 is 5.41 Å². The van der Waals surface area contributed by atoms with Gasteiger partial charge >= 0.3 is 0 Å². The molecule has 33 heavy (non-hydrogen) atoms. The second kappa shape index (κ2) is 11.2. The molecular formula is C29H30N2O2. The third kappa shape index (κ3) is 5.36. The summed E-state index contributed by atoms with van der Waals surface area (Å²) in [6.07, 6.45) is 11.2. The fourth-order valence-electron chi connectivity index (χ4n) is 4.58. The molecular weight excluding hydrogens is 408 g/mol. The van der Waals surface area contributed by atoms with Gasteiger partial charge in [0.15, 0.2) is 5.41 Å². The summed E-state index contributed by atoms with van der Waals surface area (Å²) >= 11 is 0. The Kier molecular flexibility index (Phi) is 8.11. The van der Waals surface area contributed by atoms with Crippen molar-refractivity contribution in [3.63, 3.8) is 0 Å². The molecule has 0 N–H and O–H groups in total. The van der Waals surface area contributed by atoms with E-state index in [2.05, 4.69) is 49.1 Å². The lowest BCUT2D eigenvalue weighted by Gasteiger charge is -2.36. The molecule has 4 nitrogen and oxygen atoms in total. The first-order valence-electron chi connectivity index (χ1n) is 11.2. The molecule has 3 rings (SSSR count). The molecule has 0 radical (unpaired) electrons. The van der Waals surface area contributed by atoms with Crippen LogP contribution in [0.5, 0.6) is 11.5 Å². The summed E-state index contributed by atoms with van der Waals surface area (Å²) in [7, 11) is 3.31. The molecule has 0 aliphatic heterocycles. The lowest BCUT2D eigenvalue weighted by atomic mass is 9.65. The van der Waals surface area contributed by atoms with Crippen LogP contribution >= 0.6 is 0 Å². The largest absolute Gasteiger partial charge is 0.497 e. The average molecular weight is 439 g/mol. The van der Waals surface area contributed by atoms with Crippen molar-refractivity contribution >= 4 is 6.08 Å². The first kappa shape index (κ1) is 23.9. The van der Waals surface area contributed by atoms with Crippen LogP contribution in [0, 0.1) is 34.0 Å². The van der Waals surface area contributed by atoms with Crippen molar-refractivity contribution in [3.8, 4) is 23.6 Å². The normalized spacial score (nSPS) is 16.8. The number of rotatable bonds is 9. The minimum atomic E-state index is -1.19. The van der Waals surface area contributed by atoms with Gasteiger partial charge in [-0.2, -0.15) is 10.5 Å². The van der Waals surface area contributed by atoms with E-state index in [4.69, 9.17) is 9.47 Å². The zero-order valence-electron chi connectivity index (χ0n) is 19.3. The summed E-state index contributed by atoms with van der Waals surface area (Å²) in [5.41, 5.74) is 1.92. The predicted octanol–water partition coefficient (Wildman–Crippen LogP) is 6.84. The van der Waals surface area contributed by atoms with E-state index in [1.165, 1.54) is 0 Å². The minimum absolute atomic E-state index is 0.00967. The molecule has 1 unspecified atom stereocenters. The molecule has 0 spiro atoms. The number of hydrogen-bond donors (Lipinski definition) is 0. The molecule has 0 heterocycles. The van der Waals surface area contributed by atoms with Gasteiger partial charge in [0.05, 0.1) is 26.4 Å². The maximum atomic E-state index is 10.0. The number of methoxy groups -OCH3 is 2. The quantitative estimate of drug-likeness (QED) is 0.402. The Labute approximate surface area is 197 Å². The molecule has 0 fully saturated rings. The van der Waals surface area contributed by atoms with Gasteiger partial charge in [0, 0.05) is 12.3 Å². The highest BCUT2D eigenvalue weighted by atomic mass is 16.5. The molecule has 0 saturated carbocycles. The van der Waals surface area contributed by atoms with Crippen LogP contribution in [0.15, 0.2) is 78.9 Å². The number of allylic oxidation sites excluding steroid dienone is 4. The minimum Gasteiger partial charge on any atom is -0.497 e. The molecule has 2 aromatic rings. The lowest BCUT2D eigenvalue weighted by molar-refractivity contribution is 0.403. The number of nitriles is 2. The van der Waals surface area contributed by atoms with E-state index in [1.807, 2.05) is 36.4 Å². The molecule has 0 saturated heterocycles. The maximum Gasteiger partial charge on any atom is 0.168 e. The number of benzene rings is 2. The van der Waals surface area contributed by atoms with Gasteiger partial charge in [0.25, 0.3) is 0 Å². The highest BCUT2D eigenvalue weighted by Gasteiger charge is 2.41. The standard InChI is InChI=1S/C29H30N2O2/c1-4-19-29(20-30,21-31)28-8-6-5-7-27(28)26(23-12-16-25(33-3)17-13-23)18-11-22-9-14-24(32-2)15-10-22/h4,8-18,26-27H,1,5-7,19H2,2-3H3/b18-11+/t26?,27-/m0/s1. The first-order valence-corrected chi connectivity index (χ1v) is 11.2. The van der Waals surface area contributed by atoms with Gasteiger partial charge in [0.2, 0.25) is 0 Å². The van der Waals surface area contributed by atoms with Gasteiger partial charge < -0.3 is 9.47 Å². The van der Waals surface area contributed by atoms with Crippen LogP contribution in [0.2, 0.25) is 0 Å². The van der Waals surface area contributed by atoms with Crippen molar-refractivity contribution in [1.29, 1.82) is 10.5 Å². The van der Waals surface area contributed by atoms with Gasteiger partial charge in [-0.25, -0.2) is 0 Å². The Morgan fingerprint density at radius 3 is 2.18 bits per heavy atom. The van der Waals surface area contributed by atoms with Crippen molar-refractivity contribution < 1.29 is 9.47 Å². The van der Waals surface area contributed by atoms with Gasteiger partial charge in [-0.05, 0) is 66.1 Å². The highest BCUT2D eigenvalue weighted by molar-refractivity contribution is 5.53. The first-order chi connectivity index (χ1) is 16.1. The average Bonchev–Trinajstić information content (AvgIpc) is 2.88. The molecule has 0 aromatic heterocycles. The van der Waals surface area contributed by atoms with E-state index in [-0.39, 0.29) is 11.8 Å². The molecule has 1 aliphatic carbocycles. The summed E-state index contributed by atoms with van der Waals surface area (Å²) in [5.74, 6) is 1.66. The van der Waals surface area contributed by atoms with E-state index in [0.29, 0.717) is 6.42 Å². The Hall–Kier alpha value is -3.76. The van der Waals surface area contributed by atoms with Crippen LogP contribution < -0.4 is 9.47 Å². The van der Waals surface area contributed by atoms with Crippen LogP contribution in [0.4, 0.5) is 0 Å². The Morgan fingerprint density at radius 1 is 1.03 bits per heavy atom. The molecule has 4 heteroatoms. The van der Waals surface area contributed by atoms with Crippen LogP contribution in [-0.4, -0.2) is 14.2 Å². The lowest BCUT2D eigenvalue weighted by Crippen LogP contribution is -2.29. The molecule has 2 aromatic carbocycles. The summed E-state index contributed by atoms with van der Waals surface area (Å²) < 4.78 is 10.6. The highest BCUT2D eigenvalue weighted by Crippen LogP contribution is 2.47. The zero-order chi connectivity index (χ0) is 23.7. The monoisotopic (exact) mass is 438 g/mol. The summed E-state index contributed by atoms with van der Waals surface area (Å²) in [5, 5.41) is 20.1. The van der Waals surface area contributed by atoms with Crippen molar-refractivity contribution in [3.05, 3.63) is 90.0 Å². The molecule has 2 atom stereocenters. The molecule has 1 aliphatic rings. The summed E-state index contributed by atoms with van der Waals surface area (Å²) in [6.45, 7) is 3.81. The van der Waals surface area contributed by atoms with Gasteiger partial charge in [0.1, 0.15) is 11.5 Å². The zero-order valence-corrected chi connectivity index (χ0v) is 19.3. The Balaban J connectivity index is 2.06. The molecule has 0 amide bonds. The van der Waals surface area contributed by atoms with Crippen LogP contribution in [0.1, 0.15) is 42.7 Å². The van der Waals surface area contributed by atoms with Crippen molar-refractivity contribution in [2.75, 3.05) is 14.2 Å². The van der Waals surface area contributed by atoms with Crippen LogP contribution in [0.25, 0.3) is 6.08 Å². The van der Waals surface area contributed by atoms with Gasteiger partial charge in [-0.1, -0.05) is 48.6 Å². The van der Waals surface area contributed by atoms with E-state index in [9.17, 15) is 10.5 Å². The van der Waals surface area contributed by atoms with Crippen molar-refractivity contribution in [1.82, 2.24) is 0 Å². The van der Waals surface area contributed by atoms with E-state index in [0.717, 1.165) is 47.5 Å². The SMILES string of the molecule is C=CCC(C#N)(C#N)C1=CCCC[C@H]1C(/C=C/c1ccc(OC)cc1)c1ccc(OC)cc1. The van der Waals surface area contributed by atoms with Crippen LogP contribution in [0.3, 0.4) is 0 Å². The Bertz CT molecular complexity index is 1070. The predicted molar refractivity (Wildman–Crippen MR) is 132 cm³/mol. The molecule has 0 bridgehead atoms. The van der Waals surface area contributed by atoms with Crippen molar-refractivity contribution in [2.24, 2.45) is 11.3 Å². The van der Waals surface area contributed by atoms with Crippen molar-refractivity contribution in [2.45, 2.75) is 31.6 Å². The summed E-state index contributed by atoms with van der Waals surface area (Å²) in [4.78, 5) is 0. The topological polar surface area (TPSA) is 66.0 Å². The number of nitrogens with zero attached hydrogens (tertiary/aromatic N) is 2. The molecule has 168 valence electrons. The number of hydrogen-bond acceptors (Lipinski definition) is 4. The Morgan fingerprint density at radius 2 is 1.64 bits per heavy atom. The van der Waals surface area contributed by atoms with Crippen LogP contribution in [-0.2, 0) is 0 Å².